The maximum Gasteiger partial charge on any atom is 0.258 e. The quantitative estimate of drug-likeness (QED) is 0.725. The third kappa shape index (κ3) is 3.28. The fourth-order valence-electron chi connectivity index (χ4n) is 1.93. The first-order chi connectivity index (χ1) is 10.1. The van der Waals surface area contributed by atoms with Gasteiger partial charge in [-0.15, -0.1) is 11.8 Å². The fourth-order valence-corrected chi connectivity index (χ4v) is 3.11. The molecule has 106 valence electrons. The van der Waals surface area contributed by atoms with Gasteiger partial charge in [0.15, 0.2) is 0 Å². The van der Waals surface area contributed by atoms with Crippen molar-refractivity contribution in [3.8, 4) is 5.75 Å². The molecule has 0 atom stereocenters. The molecular weight excluding hydrogens is 352 g/mol. The molecule has 2 aromatic heterocycles. The van der Waals surface area contributed by atoms with E-state index < -0.39 is 0 Å². The molecule has 0 aliphatic rings. The molecule has 0 saturated carbocycles. The molecule has 0 fully saturated rings. The van der Waals surface area contributed by atoms with Crippen LogP contribution in [-0.4, -0.2) is 14.5 Å². The second-order valence-electron chi connectivity index (χ2n) is 4.45. The van der Waals surface area contributed by atoms with Crippen molar-refractivity contribution in [2.45, 2.75) is 10.6 Å². The van der Waals surface area contributed by atoms with Crippen molar-refractivity contribution in [3.63, 3.8) is 0 Å². The normalized spacial score (nSPS) is 10.9. The molecule has 0 aliphatic heterocycles. The average Bonchev–Trinajstić information content (AvgIpc) is 2.46. The lowest BCUT2D eigenvalue weighted by Crippen LogP contribution is -2.15. The van der Waals surface area contributed by atoms with Gasteiger partial charge in [-0.2, -0.15) is 0 Å². The Kier molecular flexibility index (Phi) is 3.98. The first kappa shape index (κ1) is 14.2. The molecule has 3 aromatic rings. The lowest BCUT2D eigenvalue weighted by Gasteiger charge is -2.05. The summed E-state index contributed by atoms with van der Waals surface area (Å²) in [5.74, 6) is 0.807. The Balaban J connectivity index is 1.88. The first-order valence-electron chi connectivity index (χ1n) is 6.21. The van der Waals surface area contributed by atoms with Crippen LogP contribution in [0, 0.1) is 0 Å². The van der Waals surface area contributed by atoms with Crippen molar-refractivity contribution in [1.29, 1.82) is 0 Å². The molecule has 0 spiro atoms. The van der Waals surface area contributed by atoms with E-state index in [0.717, 1.165) is 15.1 Å². The Morgan fingerprint density at radius 2 is 2.10 bits per heavy atom. The third-order valence-electron chi connectivity index (χ3n) is 2.88. The van der Waals surface area contributed by atoms with Crippen LogP contribution in [0.3, 0.4) is 0 Å². The number of benzene rings is 1. The van der Waals surface area contributed by atoms with Crippen LogP contribution in [0.2, 0.25) is 0 Å². The van der Waals surface area contributed by atoms with Gasteiger partial charge >= 0.3 is 0 Å². The topological polar surface area (TPSA) is 54.6 Å². The van der Waals surface area contributed by atoms with Gasteiger partial charge in [0.05, 0.1) is 5.69 Å². The van der Waals surface area contributed by atoms with Gasteiger partial charge in [0, 0.05) is 27.4 Å². The zero-order chi connectivity index (χ0) is 14.8. The number of phenolic OH excluding ortho intramolecular Hbond substituents is 1. The lowest BCUT2D eigenvalue weighted by atomic mass is 10.3. The SMILES string of the molecule is O=c1cc(CSc2cccc(O)c2)nc2ccc(Br)cn12. The lowest BCUT2D eigenvalue weighted by molar-refractivity contribution is 0.474. The van der Waals surface area contributed by atoms with Gasteiger partial charge in [0.25, 0.3) is 5.56 Å². The van der Waals surface area contributed by atoms with Gasteiger partial charge in [0.2, 0.25) is 0 Å². The Morgan fingerprint density at radius 1 is 1.24 bits per heavy atom. The smallest absolute Gasteiger partial charge is 0.258 e. The van der Waals surface area contributed by atoms with E-state index in [4.69, 9.17) is 0 Å². The molecule has 6 heteroatoms. The van der Waals surface area contributed by atoms with Crippen molar-refractivity contribution in [2.24, 2.45) is 0 Å². The summed E-state index contributed by atoms with van der Waals surface area (Å²) in [6, 6.07) is 12.2. The maximum atomic E-state index is 12.1. The van der Waals surface area contributed by atoms with E-state index in [0.29, 0.717) is 11.4 Å². The number of aromatic nitrogens is 2. The van der Waals surface area contributed by atoms with Crippen LogP contribution in [0.1, 0.15) is 5.69 Å². The predicted octanol–water partition coefficient (Wildman–Crippen LogP) is 3.45. The molecule has 4 nitrogen and oxygen atoms in total. The Morgan fingerprint density at radius 3 is 2.90 bits per heavy atom. The monoisotopic (exact) mass is 362 g/mol. The minimum Gasteiger partial charge on any atom is -0.508 e. The summed E-state index contributed by atoms with van der Waals surface area (Å²) in [6.45, 7) is 0. The summed E-state index contributed by atoms with van der Waals surface area (Å²) in [7, 11) is 0. The second-order valence-corrected chi connectivity index (χ2v) is 6.41. The van der Waals surface area contributed by atoms with Crippen molar-refractivity contribution in [1.82, 2.24) is 9.38 Å². The van der Waals surface area contributed by atoms with Gasteiger partial charge in [-0.1, -0.05) is 6.07 Å². The van der Waals surface area contributed by atoms with E-state index in [1.54, 1.807) is 30.5 Å². The third-order valence-corrected chi connectivity index (χ3v) is 4.38. The average molecular weight is 363 g/mol. The van der Waals surface area contributed by atoms with Crippen LogP contribution < -0.4 is 5.56 Å². The summed E-state index contributed by atoms with van der Waals surface area (Å²) in [6.07, 6.45) is 1.71. The van der Waals surface area contributed by atoms with Gasteiger partial charge in [-0.25, -0.2) is 4.98 Å². The number of phenols is 1. The van der Waals surface area contributed by atoms with Crippen molar-refractivity contribution in [2.75, 3.05) is 0 Å². The molecular formula is C15H11BrN2O2S. The largest absolute Gasteiger partial charge is 0.508 e. The number of thioether (sulfide) groups is 1. The van der Waals surface area contributed by atoms with E-state index in [-0.39, 0.29) is 11.3 Å². The molecule has 3 rings (SSSR count). The van der Waals surface area contributed by atoms with E-state index in [9.17, 15) is 9.90 Å². The number of rotatable bonds is 3. The van der Waals surface area contributed by atoms with Crippen LogP contribution in [0.25, 0.3) is 5.65 Å². The standard InChI is InChI=1S/C15H11BrN2O2S/c16-10-4-5-14-17-11(6-15(20)18(14)8-10)9-21-13-3-1-2-12(19)7-13/h1-8,19H,9H2. The number of nitrogens with zero attached hydrogens (tertiary/aromatic N) is 2. The van der Waals surface area contributed by atoms with Crippen LogP contribution in [0.15, 0.2) is 62.8 Å². The Bertz CT molecular complexity index is 864. The molecule has 0 radical (unpaired) electrons. The van der Waals surface area contributed by atoms with Gasteiger partial charge in [-0.05, 0) is 46.3 Å². The predicted molar refractivity (Wildman–Crippen MR) is 86.8 cm³/mol. The fraction of sp³-hybridized carbons (Fsp3) is 0.0667. The van der Waals surface area contributed by atoms with Crippen LogP contribution in [-0.2, 0) is 5.75 Å². The van der Waals surface area contributed by atoms with E-state index in [1.807, 2.05) is 12.1 Å². The first-order valence-corrected chi connectivity index (χ1v) is 7.99. The van der Waals surface area contributed by atoms with Crippen molar-refractivity contribution in [3.05, 3.63) is 69.2 Å². The Hall–Kier alpha value is -1.79. The highest BCUT2D eigenvalue weighted by Crippen LogP contribution is 2.24. The van der Waals surface area contributed by atoms with Crippen LogP contribution >= 0.6 is 27.7 Å². The zero-order valence-electron chi connectivity index (χ0n) is 10.9. The summed E-state index contributed by atoms with van der Waals surface area (Å²) in [5, 5.41) is 9.43. The van der Waals surface area contributed by atoms with Gasteiger partial charge in [-0.3, -0.25) is 9.20 Å². The number of fused-ring (bicyclic) bond motifs is 1. The number of halogens is 1. The molecule has 0 unspecified atom stereocenters. The summed E-state index contributed by atoms with van der Waals surface area (Å²) in [5.41, 5.74) is 1.24. The molecule has 2 heterocycles. The van der Waals surface area contributed by atoms with Gasteiger partial charge in [0.1, 0.15) is 11.4 Å². The second kappa shape index (κ2) is 5.91. The highest BCUT2D eigenvalue weighted by Gasteiger charge is 2.04. The minimum absolute atomic E-state index is 0.104. The van der Waals surface area contributed by atoms with Crippen molar-refractivity contribution < 1.29 is 5.11 Å². The molecule has 0 aliphatic carbocycles. The summed E-state index contributed by atoms with van der Waals surface area (Å²) >= 11 is 4.87. The van der Waals surface area contributed by atoms with Crippen LogP contribution in [0.4, 0.5) is 0 Å². The molecule has 21 heavy (non-hydrogen) atoms. The van der Waals surface area contributed by atoms with Gasteiger partial charge < -0.3 is 5.11 Å². The Labute approximate surface area is 133 Å². The molecule has 1 N–H and O–H groups in total. The highest BCUT2D eigenvalue weighted by molar-refractivity contribution is 9.10. The zero-order valence-corrected chi connectivity index (χ0v) is 13.3. The van der Waals surface area contributed by atoms with Crippen molar-refractivity contribution >= 4 is 33.3 Å². The molecule has 0 saturated heterocycles. The van der Waals surface area contributed by atoms with E-state index >= 15 is 0 Å². The number of aromatic hydroxyl groups is 1. The van der Waals surface area contributed by atoms with Crippen LogP contribution in [0.5, 0.6) is 5.75 Å². The minimum atomic E-state index is -0.104. The molecule has 0 bridgehead atoms. The number of hydrogen-bond donors (Lipinski definition) is 1. The van der Waals surface area contributed by atoms with E-state index in [1.165, 1.54) is 22.2 Å². The molecule has 1 aromatic carbocycles. The molecule has 0 amide bonds. The number of pyridine rings is 1. The number of hydrogen-bond acceptors (Lipinski definition) is 4. The summed E-state index contributed by atoms with van der Waals surface area (Å²) in [4.78, 5) is 17.5. The van der Waals surface area contributed by atoms with E-state index in [2.05, 4.69) is 20.9 Å². The highest BCUT2D eigenvalue weighted by atomic mass is 79.9. The summed E-state index contributed by atoms with van der Waals surface area (Å²) < 4.78 is 2.34. The maximum absolute atomic E-state index is 12.1.